The lowest BCUT2D eigenvalue weighted by molar-refractivity contribution is -0.935. The van der Waals surface area contributed by atoms with E-state index in [2.05, 4.69) is 13.8 Å². The molecule has 0 saturated carbocycles. The van der Waals surface area contributed by atoms with Crippen molar-refractivity contribution in [3.63, 3.8) is 0 Å². The van der Waals surface area contributed by atoms with Gasteiger partial charge in [-0.25, -0.2) is 0 Å². The molecule has 2 aliphatic rings. The third-order valence-corrected chi connectivity index (χ3v) is 12.8. The van der Waals surface area contributed by atoms with Crippen LogP contribution in [0.3, 0.4) is 0 Å². The number of hydrogen-bond donors (Lipinski definition) is 0. The normalized spacial score (nSPS) is 17.4. The molecule has 0 unspecified atom stereocenters. The Morgan fingerprint density at radius 3 is 0.640 bits per heavy atom. The van der Waals surface area contributed by atoms with Crippen molar-refractivity contribution < 1.29 is 18.4 Å². The Labute approximate surface area is 315 Å². The zero-order valence-electron chi connectivity index (χ0n) is 34.8. The molecule has 2 saturated heterocycles. The first-order valence-electron chi connectivity index (χ1n) is 23.6. The minimum Gasteiger partial charge on any atom is -0.370 e. The van der Waals surface area contributed by atoms with E-state index in [-0.39, 0.29) is 0 Å². The lowest BCUT2D eigenvalue weighted by Gasteiger charge is -2.41. The van der Waals surface area contributed by atoms with Gasteiger partial charge in [-0.2, -0.15) is 0 Å². The molecule has 2 fully saturated rings. The molecule has 0 amide bonds. The summed E-state index contributed by atoms with van der Waals surface area (Å²) in [6.07, 6.45) is 46.4. The second-order valence-corrected chi connectivity index (χ2v) is 17.3. The van der Waals surface area contributed by atoms with Gasteiger partial charge in [-0.15, -0.1) is 0 Å². The maximum absolute atomic E-state index is 5.81. The van der Waals surface area contributed by atoms with Crippen LogP contribution in [0.2, 0.25) is 0 Å². The Kier molecular flexibility index (Phi) is 30.7. The number of ether oxygens (including phenoxy) is 2. The van der Waals surface area contributed by atoms with Crippen molar-refractivity contribution in [2.75, 3.05) is 78.8 Å². The maximum Gasteiger partial charge on any atom is 0.102 e. The fraction of sp³-hybridized carbons (Fsp3) is 1.00. The van der Waals surface area contributed by atoms with Crippen LogP contribution in [-0.4, -0.2) is 87.8 Å². The lowest BCUT2D eigenvalue weighted by Crippen LogP contribution is -2.56. The summed E-state index contributed by atoms with van der Waals surface area (Å²) in [6, 6.07) is 0. The van der Waals surface area contributed by atoms with E-state index in [1.807, 2.05) is 0 Å². The van der Waals surface area contributed by atoms with Gasteiger partial charge in [-0.05, 0) is 51.4 Å². The second kappa shape index (κ2) is 33.4. The first kappa shape index (κ1) is 46.0. The molecule has 4 heteroatoms. The average Bonchev–Trinajstić information content (AvgIpc) is 3.14. The Hall–Kier alpha value is -0.160. The molecule has 298 valence electrons. The van der Waals surface area contributed by atoms with Gasteiger partial charge in [0.05, 0.1) is 52.6 Å². The van der Waals surface area contributed by atoms with Gasteiger partial charge in [0.25, 0.3) is 0 Å². The van der Waals surface area contributed by atoms with Gasteiger partial charge in [-0.3, -0.25) is 0 Å². The molecule has 0 radical (unpaired) electrons. The van der Waals surface area contributed by atoms with Crippen LogP contribution in [0.4, 0.5) is 0 Å². The van der Waals surface area contributed by atoms with E-state index < -0.39 is 0 Å². The van der Waals surface area contributed by atoms with Crippen LogP contribution in [0.15, 0.2) is 0 Å². The molecule has 50 heavy (non-hydrogen) atoms. The van der Waals surface area contributed by atoms with Crippen LogP contribution >= 0.6 is 0 Å². The number of hydrogen-bond acceptors (Lipinski definition) is 2. The largest absolute Gasteiger partial charge is 0.370 e. The topological polar surface area (TPSA) is 18.5 Å². The van der Waals surface area contributed by atoms with Crippen LogP contribution in [0.5, 0.6) is 0 Å². The van der Waals surface area contributed by atoms with E-state index in [1.165, 1.54) is 267 Å². The highest BCUT2D eigenvalue weighted by Crippen LogP contribution is 2.21. The van der Waals surface area contributed by atoms with Crippen LogP contribution in [0.1, 0.15) is 219 Å². The van der Waals surface area contributed by atoms with E-state index in [0.29, 0.717) is 0 Å². The van der Waals surface area contributed by atoms with E-state index in [1.54, 1.807) is 0 Å². The highest BCUT2D eigenvalue weighted by atomic mass is 16.5. The summed E-state index contributed by atoms with van der Waals surface area (Å²) in [5.41, 5.74) is 0. The molecular formula is C46H94N2O2+2. The molecule has 0 N–H and O–H groups in total. The Balaban J connectivity index is 1.44. The Bertz CT molecular complexity index is 630. The molecule has 0 aromatic carbocycles. The SMILES string of the molecule is CCCCCCCCCCCCCC[N+]1(CCCCCCCCCC[N+]2(CCCCCCCCCCCCCC)CCOCC2)CCOCC1. The van der Waals surface area contributed by atoms with Crippen molar-refractivity contribution in [1.29, 1.82) is 0 Å². The second-order valence-electron chi connectivity index (χ2n) is 17.3. The third kappa shape index (κ3) is 25.0. The van der Waals surface area contributed by atoms with Gasteiger partial charge in [0.15, 0.2) is 0 Å². The van der Waals surface area contributed by atoms with Crippen molar-refractivity contribution in [3.8, 4) is 0 Å². The van der Waals surface area contributed by atoms with E-state index >= 15 is 0 Å². The van der Waals surface area contributed by atoms with Crippen molar-refractivity contribution in [1.82, 2.24) is 0 Å². The molecule has 0 atom stereocenters. The number of nitrogens with zero attached hydrogens (tertiary/aromatic N) is 2. The fourth-order valence-electron chi connectivity index (χ4n) is 9.11. The number of quaternary nitrogens is 2. The van der Waals surface area contributed by atoms with E-state index in [4.69, 9.17) is 9.47 Å². The summed E-state index contributed by atoms with van der Waals surface area (Å²) in [4.78, 5) is 0. The summed E-state index contributed by atoms with van der Waals surface area (Å²) in [7, 11) is 0. The summed E-state index contributed by atoms with van der Waals surface area (Å²) in [6.45, 7) is 19.3. The van der Waals surface area contributed by atoms with Crippen molar-refractivity contribution in [3.05, 3.63) is 0 Å². The Morgan fingerprint density at radius 2 is 0.440 bits per heavy atom. The van der Waals surface area contributed by atoms with Crippen LogP contribution in [-0.2, 0) is 9.47 Å². The minimum atomic E-state index is 0.991. The van der Waals surface area contributed by atoms with Crippen LogP contribution < -0.4 is 0 Å². The first-order chi connectivity index (χ1) is 24.7. The van der Waals surface area contributed by atoms with Gasteiger partial charge in [0, 0.05) is 0 Å². The Morgan fingerprint density at radius 1 is 0.260 bits per heavy atom. The van der Waals surface area contributed by atoms with Gasteiger partial charge in [0.2, 0.25) is 0 Å². The minimum absolute atomic E-state index is 0.991. The molecule has 0 bridgehead atoms. The maximum atomic E-state index is 5.81. The van der Waals surface area contributed by atoms with Gasteiger partial charge < -0.3 is 18.4 Å². The molecule has 2 aliphatic heterocycles. The number of rotatable bonds is 37. The molecule has 0 aromatic rings. The molecule has 0 aliphatic carbocycles. The van der Waals surface area contributed by atoms with Crippen molar-refractivity contribution in [2.24, 2.45) is 0 Å². The molecule has 2 rings (SSSR count). The van der Waals surface area contributed by atoms with Gasteiger partial charge >= 0.3 is 0 Å². The van der Waals surface area contributed by atoms with Crippen LogP contribution in [0.25, 0.3) is 0 Å². The lowest BCUT2D eigenvalue weighted by atomic mass is 10.0. The average molecular weight is 707 g/mol. The standard InChI is InChI=1S/C46H94N2O2/c1-3-5-7-9-11-13-15-17-19-23-27-31-35-47(39-43-49-44-40-47)37-33-29-25-21-22-26-30-34-38-48(41-45-50-46-42-48)36-32-28-24-20-18-16-14-12-10-8-6-4-2/h3-46H2,1-2H3/q+2. The zero-order chi connectivity index (χ0) is 35.5. The van der Waals surface area contributed by atoms with Crippen molar-refractivity contribution >= 4 is 0 Å². The van der Waals surface area contributed by atoms with E-state index in [0.717, 1.165) is 26.4 Å². The molecule has 2 heterocycles. The number of unbranched alkanes of at least 4 members (excludes halogenated alkanes) is 29. The summed E-state index contributed by atoms with van der Waals surface area (Å²) in [5.74, 6) is 0. The monoisotopic (exact) mass is 707 g/mol. The molecule has 4 nitrogen and oxygen atoms in total. The summed E-state index contributed by atoms with van der Waals surface area (Å²) < 4.78 is 14.3. The zero-order valence-corrected chi connectivity index (χ0v) is 34.8. The van der Waals surface area contributed by atoms with Crippen molar-refractivity contribution in [2.45, 2.75) is 219 Å². The summed E-state index contributed by atoms with van der Waals surface area (Å²) >= 11 is 0. The smallest absolute Gasteiger partial charge is 0.102 e. The highest BCUT2D eigenvalue weighted by molar-refractivity contribution is 4.57. The van der Waals surface area contributed by atoms with Gasteiger partial charge in [0.1, 0.15) is 26.2 Å². The van der Waals surface area contributed by atoms with Crippen LogP contribution in [0, 0.1) is 0 Å². The molecule has 0 spiro atoms. The first-order valence-corrected chi connectivity index (χ1v) is 23.6. The summed E-state index contributed by atoms with van der Waals surface area (Å²) in [5, 5.41) is 0. The predicted molar refractivity (Wildman–Crippen MR) is 220 cm³/mol. The van der Waals surface area contributed by atoms with E-state index in [9.17, 15) is 0 Å². The fourth-order valence-corrected chi connectivity index (χ4v) is 9.11. The number of morpholine rings is 2. The van der Waals surface area contributed by atoms with Gasteiger partial charge in [-0.1, -0.05) is 168 Å². The quantitative estimate of drug-likeness (QED) is 0.0473. The third-order valence-electron chi connectivity index (χ3n) is 12.8. The highest BCUT2D eigenvalue weighted by Gasteiger charge is 2.30. The predicted octanol–water partition coefficient (Wildman–Crippen LogP) is 13.2. The molecular weight excluding hydrogens is 613 g/mol. The molecule has 0 aromatic heterocycles.